The third-order valence-electron chi connectivity index (χ3n) is 10.1. The number of aliphatic hydroxyl groups is 3. The molecule has 0 bridgehead atoms. The van der Waals surface area contributed by atoms with E-state index >= 15 is 0 Å². The maximum absolute atomic E-state index is 12.8. The highest BCUT2D eigenvalue weighted by atomic mass is 16.6. The Labute approximate surface area is 288 Å². The van der Waals surface area contributed by atoms with Gasteiger partial charge in [-0.2, -0.15) is 0 Å². The molecule has 48 heavy (non-hydrogen) atoms. The van der Waals surface area contributed by atoms with Crippen LogP contribution in [0.4, 0.5) is 4.79 Å². The summed E-state index contributed by atoms with van der Waals surface area (Å²) in [5.41, 5.74) is -0.647. The molecule has 3 heterocycles. The monoisotopic (exact) mass is 677 g/mol. The molecular weight excluding hydrogens is 614 g/mol. The number of alkyl carbamates (subject to hydrolysis) is 1. The van der Waals surface area contributed by atoms with Gasteiger partial charge in [-0.1, -0.05) is 52.0 Å². The Morgan fingerprint density at radius 2 is 1.94 bits per heavy atom. The van der Waals surface area contributed by atoms with Gasteiger partial charge >= 0.3 is 12.1 Å². The highest BCUT2D eigenvalue weighted by Gasteiger charge is 2.45. The first-order valence-electron chi connectivity index (χ1n) is 18.0. The molecule has 0 radical (unpaired) electrons. The number of hydrogen-bond acceptors (Lipinski definition) is 10. The maximum Gasteiger partial charge on any atom is 0.407 e. The zero-order valence-electron chi connectivity index (χ0n) is 30.3. The van der Waals surface area contributed by atoms with Crippen LogP contribution >= 0.6 is 0 Å². The van der Waals surface area contributed by atoms with E-state index in [1.807, 2.05) is 45.9 Å². The number of esters is 1. The normalized spacial score (nSPS) is 34.0. The molecule has 3 rings (SSSR count). The Kier molecular flexibility index (Phi) is 16.1. The molecule has 0 aromatic rings. The van der Waals surface area contributed by atoms with Gasteiger partial charge in [0.1, 0.15) is 11.7 Å². The molecule has 0 saturated carbocycles. The van der Waals surface area contributed by atoms with E-state index in [0.29, 0.717) is 13.0 Å². The fraction of sp³-hybridized carbons (Fsp3) is 0.784. The standard InChI is InChI=1S/C37H63N3O8/c1-8-30(42)28(5)35-31(46-35)23-25(2)11-9-12-26(3)34-27(4)13-14-32(37(6,45)16-15-29(41)24-33(43)48-34)47-36(44)38-17-10-18-40-21-19-39(7)20-22-40/h9,11-14,25,27-32,34-35,41-42,45H,8,10,15-24H2,1-7H3,(H,38,44)/b11-9+,14-13-,26-12+. The van der Waals surface area contributed by atoms with Crippen molar-refractivity contribution in [3.63, 3.8) is 0 Å². The van der Waals surface area contributed by atoms with Crippen LogP contribution < -0.4 is 5.32 Å². The van der Waals surface area contributed by atoms with E-state index in [-0.39, 0.29) is 55.3 Å². The molecule has 0 spiro atoms. The lowest BCUT2D eigenvalue weighted by atomic mass is 9.88. The van der Waals surface area contributed by atoms with Crippen molar-refractivity contribution >= 4 is 12.1 Å². The molecule has 1 amide bonds. The van der Waals surface area contributed by atoms with Crippen LogP contribution in [-0.4, -0.2) is 126 Å². The number of rotatable bonds is 13. The molecule has 4 N–H and O–H groups in total. The number of piperazine rings is 1. The Morgan fingerprint density at radius 3 is 2.62 bits per heavy atom. The van der Waals surface area contributed by atoms with Crippen molar-refractivity contribution < 1.29 is 39.1 Å². The van der Waals surface area contributed by atoms with Gasteiger partial charge in [0.25, 0.3) is 0 Å². The van der Waals surface area contributed by atoms with E-state index in [4.69, 9.17) is 14.2 Å². The highest BCUT2D eigenvalue weighted by Crippen LogP contribution is 2.36. The van der Waals surface area contributed by atoms with Crippen molar-refractivity contribution in [1.82, 2.24) is 15.1 Å². The van der Waals surface area contributed by atoms with E-state index in [9.17, 15) is 24.9 Å². The highest BCUT2D eigenvalue weighted by molar-refractivity contribution is 5.70. The Hall–Kier alpha value is -2.28. The number of carbonyl (C=O) groups is 2. The number of hydrogen-bond donors (Lipinski definition) is 4. The van der Waals surface area contributed by atoms with Gasteiger partial charge in [0, 0.05) is 44.6 Å². The van der Waals surface area contributed by atoms with Gasteiger partial charge in [-0.3, -0.25) is 4.79 Å². The fourth-order valence-electron chi connectivity index (χ4n) is 6.51. The van der Waals surface area contributed by atoms with Gasteiger partial charge in [0.2, 0.25) is 0 Å². The van der Waals surface area contributed by atoms with Gasteiger partial charge in [-0.25, -0.2) is 4.79 Å². The van der Waals surface area contributed by atoms with Crippen LogP contribution in [0.3, 0.4) is 0 Å². The lowest BCUT2D eigenvalue weighted by Gasteiger charge is -2.33. The van der Waals surface area contributed by atoms with Crippen molar-refractivity contribution in [3.05, 3.63) is 36.0 Å². The van der Waals surface area contributed by atoms with Crippen molar-refractivity contribution in [1.29, 1.82) is 0 Å². The summed E-state index contributed by atoms with van der Waals surface area (Å²) in [6.45, 7) is 17.0. The Morgan fingerprint density at radius 1 is 1.23 bits per heavy atom. The quantitative estimate of drug-likeness (QED) is 0.0747. The second-order valence-corrected chi connectivity index (χ2v) is 14.6. The molecule has 274 valence electrons. The molecule has 3 aliphatic rings. The van der Waals surface area contributed by atoms with Crippen molar-refractivity contribution in [2.45, 2.75) is 122 Å². The first-order valence-corrected chi connectivity index (χ1v) is 18.0. The second kappa shape index (κ2) is 19.2. The maximum atomic E-state index is 12.8. The molecule has 2 fully saturated rings. The number of likely N-dealkylation sites (N-methyl/N-ethyl adjacent to an activating group) is 1. The molecule has 10 atom stereocenters. The molecular formula is C37H63N3O8. The summed E-state index contributed by atoms with van der Waals surface area (Å²) in [5.74, 6) is -0.461. The van der Waals surface area contributed by atoms with Crippen LogP contribution in [0.25, 0.3) is 0 Å². The predicted molar refractivity (Wildman–Crippen MR) is 186 cm³/mol. The van der Waals surface area contributed by atoms with Gasteiger partial charge in [0.05, 0.1) is 30.8 Å². The second-order valence-electron chi connectivity index (χ2n) is 14.6. The number of amides is 1. The molecule has 3 aliphatic heterocycles. The largest absolute Gasteiger partial charge is 0.457 e. The smallest absolute Gasteiger partial charge is 0.407 e. The summed E-state index contributed by atoms with van der Waals surface area (Å²) in [6.07, 6.45) is 8.56. The number of aliphatic hydroxyl groups excluding tert-OH is 2. The number of cyclic esters (lactones) is 1. The summed E-state index contributed by atoms with van der Waals surface area (Å²) in [5, 5.41) is 34.9. The van der Waals surface area contributed by atoms with E-state index in [0.717, 1.165) is 51.1 Å². The van der Waals surface area contributed by atoms with E-state index < -0.39 is 36.0 Å². The first-order chi connectivity index (χ1) is 22.7. The summed E-state index contributed by atoms with van der Waals surface area (Å²) in [7, 11) is 2.12. The molecule has 0 aromatic heterocycles. The lowest BCUT2D eigenvalue weighted by molar-refractivity contribution is -0.151. The van der Waals surface area contributed by atoms with E-state index in [1.165, 1.54) is 0 Å². The van der Waals surface area contributed by atoms with Crippen molar-refractivity contribution in [2.75, 3.05) is 46.3 Å². The first kappa shape index (κ1) is 40.2. The topological polar surface area (TPSA) is 144 Å². The van der Waals surface area contributed by atoms with Crippen LogP contribution in [0.1, 0.15) is 80.1 Å². The molecule has 0 aliphatic carbocycles. The Bertz CT molecular complexity index is 1100. The van der Waals surface area contributed by atoms with Crippen molar-refractivity contribution in [2.24, 2.45) is 17.8 Å². The zero-order valence-corrected chi connectivity index (χ0v) is 30.3. The minimum absolute atomic E-state index is 0.0959. The van der Waals surface area contributed by atoms with Crippen LogP contribution in [0, 0.1) is 17.8 Å². The average Bonchev–Trinajstić information content (AvgIpc) is 3.80. The average molecular weight is 678 g/mol. The third-order valence-corrected chi connectivity index (χ3v) is 10.1. The minimum Gasteiger partial charge on any atom is -0.457 e. The van der Waals surface area contributed by atoms with Crippen molar-refractivity contribution in [3.8, 4) is 0 Å². The van der Waals surface area contributed by atoms with Crippen LogP contribution in [-0.2, 0) is 19.0 Å². The molecule has 10 unspecified atom stereocenters. The molecule has 0 aromatic carbocycles. The summed E-state index contributed by atoms with van der Waals surface area (Å²) in [6, 6.07) is 0. The summed E-state index contributed by atoms with van der Waals surface area (Å²) in [4.78, 5) is 30.3. The van der Waals surface area contributed by atoms with Gasteiger partial charge in [-0.15, -0.1) is 0 Å². The number of ether oxygens (including phenoxy) is 3. The zero-order chi connectivity index (χ0) is 35.4. The van der Waals surface area contributed by atoms with E-state index in [2.05, 4.69) is 35.2 Å². The number of epoxide rings is 1. The van der Waals surface area contributed by atoms with Gasteiger partial charge in [-0.05, 0) is 77.1 Å². The molecule has 2 saturated heterocycles. The lowest BCUT2D eigenvalue weighted by Crippen LogP contribution is -2.46. The van der Waals surface area contributed by atoms with E-state index in [1.54, 1.807) is 13.0 Å². The van der Waals surface area contributed by atoms with Crippen LogP contribution in [0.15, 0.2) is 36.0 Å². The number of nitrogens with zero attached hydrogens (tertiary/aromatic N) is 2. The minimum atomic E-state index is -1.46. The SMILES string of the molecule is CCC(O)C(C)C1OC1CC(C)/C=C/C=C(\C)C1OC(=O)CC(O)CCC(C)(O)C(OC(=O)NCCCN2CCN(C)CC2)/C=C\C1C. The Balaban J connectivity index is 1.62. The number of nitrogens with one attached hydrogen (secondary N) is 1. The molecule has 11 nitrogen and oxygen atoms in total. The van der Waals surface area contributed by atoms with Gasteiger partial charge < -0.3 is 44.6 Å². The fourth-order valence-corrected chi connectivity index (χ4v) is 6.51. The predicted octanol–water partition coefficient (Wildman–Crippen LogP) is 3.82. The summed E-state index contributed by atoms with van der Waals surface area (Å²) < 4.78 is 17.5. The molecule has 11 heteroatoms. The third kappa shape index (κ3) is 13.2. The van der Waals surface area contributed by atoms with Crippen LogP contribution in [0.2, 0.25) is 0 Å². The van der Waals surface area contributed by atoms with Gasteiger partial charge in [0.15, 0.2) is 6.10 Å². The number of allylic oxidation sites excluding steroid dienone is 3. The summed E-state index contributed by atoms with van der Waals surface area (Å²) >= 11 is 0. The number of carbonyl (C=O) groups excluding carboxylic acids is 2. The van der Waals surface area contributed by atoms with Crippen LogP contribution in [0.5, 0.6) is 0 Å².